The SMILES string of the molecule is CCCCOc1cc(CC(C)C)ccc1-c1cccc(OC)c1. The molecular weight excluding hydrogens is 284 g/mol. The van der Waals surface area contributed by atoms with E-state index in [0.29, 0.717) is 5.92 Å². The first kappa shape index (κ1) is 17.4. The molecule has 2 heteroatoms. The van der Waals surface area contributed by atoms with Crippen molar-refractivity contribution in [3.8, 4) is 22.6 Å². The second-order valence-electron chi connectivity index (χ2n) is 6.36. The Morgan fingerprint density at radius 1 is 1.04 bits per heavy atom. The number of hydrogen-bond donors (Lipinski definition) is 0. The minimum absolute atomic E-state index is 0.640. The van der Waals surface area contributed by atoms with Crippen LogP contribution in [0.15, 0.2) is 42.5 Å². The van der Waals surface area contributed by atoms with Gasteiger partial charge in [-0.1, -0.05) is 51.5 Å². The van der Waals surface area contributed by atoms with Crippen LogP contribution in [0.5, 0.6) is 11.5 Å². The molecule has 0 radical (unpaired) electrons. The van der Waals surface area contributed by atoms with Crippen molar-refractivity contribution in [1.82, 2.24) is 0 Å². The van der Waals surface area contributed by atoms with Crippen LogP contribution in [0.1, 0.15) is 39.2 Å². The summed E-state index contributed by atoms with van der Waals surface area (Å²) in [6.07, 6.45) is 3.29. The third kappa shape index (κ3) is 5.02. The molecule has 0 aliphatic heterocycles. The fourth-order valence-corrected chi connectivity index (χ4v) is 2.64. The van der Waals surface area contributed by atoms with Gasteiger partial charge in [-0.25, -0.2) is 0 Å². The zero-order valence-electron chi connectivity index (χ0n) is 14.8. The van der Waals surface area contributed by atoms with Gasteiger partial charge in [0.05, 0.1) is 13.7 Å². The maximum absolute atomic E-state index is 6.09. The van der Waals surface area contributed by atoms with Crippen molar-refractivity contribution in [2.24, 2.45) is 5.92 Å². The molecule has 0 fully saturated rings. The van der Waals surface area contributed by atoms with Crippen molar-refractivity contribution in [3.05, 3.63) is 48.0 Å². The molecule has 0 unspecified atom stereocenters. The molecule has 2 nitrogen and oxygen atoms in total. The van der Waals surface area contributed by atoms with Gasteiger partial charge in [-0.2, -0.15) is 0 Å². The maximum Gasteiger partial charge on any atom is 0.127 e. The number of unbranched alkanes of at least 4 members (excludes halogenated alkanes) is 1. The zero-order chi connectivity index (χ0) is 16.7. The molecule has 0 aliphatic rings. The summed E-state index contributed by atoms with van der Waals surface area (Å²) in [5, 5.41) is 0. The molecule has 0 atom stereocenters. The van der Waals surface area contributed by atoms with E-state index in [9.17, 15) is 0 Å². The van der Waals surface area contributed by atoms with E-state index in [-0.39, 0.29) is 0 Å². The minimum Gasteiger partial charge on any atom is -0.497 e. The van der Waals surface area contributed by atoms with Crippen LogP contribution in [-0.2, 0) is 6.42 Å². The van der Waals surface area contributed by atoms with Crippen molar-refractivity contribution in [1.29, 1.82) is 0 Å². The first-order valence-electron chi connectivity index (χ1n) is 8.54. The van der Waals surface area contributed by atoms with Gasteiger partial charge in [-0.3, -0.25) is 0 Å². The molecule has 0 aliphatic carbocycles. The largest absolute Gasteiger partial charge is 0.497 e. The molecule has 2 aromatic carbocycles. The molecule has 0 saturated carbocycles. The maximum atomic E-state index is 6.09. The minimum atomic E-state index is 0.640. The molecule has 2 aromatic rings. The van der Waals surface area contributed by atoms with E-state index in [1.54, 1.807) is 7.11 Å². The highest BCUT2D eigenvalue weighted by Crippen LogP contribution is 2.33. The van der Waals surface area contributed by atoms with E-state index in [0.717, 1.165) is 48.5 Å². The van der Waals surface area contributed by atoms with Gasteiger partial charge in [0, 0.05) is 5.56 Å². The Morgan fingerprint density at radius 3 is 2.57 bits per heavy atom. The molecule has 2 rings (SSSR count). The molecule has 0 heterocycles. The van der Waals surface area contributed by atoms with Crippen LogP contribution in [-0.4, -0.2) is 13.7 Å². The second kappa shape index (κ2) is 8.61. The summed E-state index contributed by atoms with van der Waals surface area (Å²) in [5.41, 5.74) is 3.59. The first-order valence-corrected chi connectivity index (χ1v) is 8.54. The lowest BCUT2D eigenvalue weighted by Gasteiger charge is -2.15. The summed E-state index contributed by atoms with van der Waals surface area (Å²) in [5.74, 6) is 2.49. The van der Waals surface area contributed by atoms with Crippen molar-refractivity contribution in [2.45, 2.75) is 40.0 Å². The summed E-state index contributed by atoms with van der Waals surface area (Å²) in [4.78, 5) is 0. The van der Waals surface area contributed by atoms with Crippen LogP contribution in [0, 0.1) is 5.92 Å². The topological polar surface area (TPSA) is 18.5 Å². The third-order valence-corrected chi connectivity index (χ3v) is 3.83. The van der Waals surface area contributed by atoms with Crippen LogP contribution in [0.4, 0.5) is 0 Å². The standard InChI is InChI=1S/C21H28O2/c1-5-6-12-23-21-14-17(13-16(2)3)10-11-20(21)18-8-7-9-19(15-18)22-4/h7-11,14-16H,5-6,12-13H2,1-4H3. The van der Waals surface area contributed by atoms with Gasteiger partial charge in [0.1, 0.15) is 11.5 Å². The Balaban J connectivity index is 2.35. The summed E-state index contributed by atoms with van der Waals surface area (Å²) < 4.78 is 11.4. The molecule has 0 amide bonds. The van der Waals surface area contributed by atoms with Gasteiger partial charge < -0.3 is 9.47 Å². The number of hydrogen-bond acceptors (Lipinski definition) is 2. The highest BCUT2D eigenvalue weighted by atomic mass is 16.5. The van der Waals surface area contributed by atoms with E-state index in [2.05, 4.69) is 51.1 Å². The Hall–Kier alpha value is -1.96. The normalized spacial score (nSPS) is 10.8. The summed E-state index contributed by atoms with van der Waals surface area (Å²) in [7, 11) is 1.70. The van der Waals surface area contributed by atoms with Gasteiger partial charge in [0.15, 0.2) is 0 Å². The van der Waals surface area contributed by atoms with Crippen LogP contribution in [0.3, 0.4) is 0 Å². The smallest absolute Gasteiger partial charge is 0.127 e. The van der Waals surface area contributed by atoms with Crippen LogP contribution >= 0.6 is 0 Å². The monoisotopic (exact) mass is 312 g/mol. The summed E-state index contributed by atoms with van der Waals surface area (Å²) >= 11 is 0. The fourth-order valence-electron chi connectivity index (χ4n) is 2.64. The molecule has 124 valence electrons. The van der Waals surface area contributed by atoms with E-state index < -0.39 is 0 Å². The molecular formula is C21H28O2. The molecule has 0 N–H and O–H groups in total. The van der Waals surface area contributed by atoms with Crippen LogP contribution in [0.2, 0.25) is 0 Å². The quantitative estimate of drug-likeness (QED) is 0.579. The lowest BCUT2D eigenvalue weighted by Crippen LogP contribution is -2.01. The lowest BCUT2D eigenvalue weighted by atomic mass is 9.98. The predicted octanol–water partition coefficient (Wildman–Crippen LogP) is 5.74. The highest BCUT2D eigenvalue weighted by molar-refractivity contribution is 5.72. The fraction of sp³-hybridized carbons (Fsp3) is 0.429. The number of ether oxygens (including phenoxy) is 2. The average Bonchev–Trinajstić information content (AvgIpc) is 2.55. The highest BCUT2D eigenvalue weighted by Gasteiger charge is 2.10. The molecule has 0 spiro atoms. The Labute approximate surface area is 140 Å². The van der Waals surface area contributed by atoms with Crippen molar-refractivity contribution in [3.63, 3.8) is 0 Å². The van der Waals surface area contributed by atoms with Crippen molar-refractivity contribution in [2.75, 3.05) is 13.7 Å². The van der Waals surface area contributed by atoms with Crippen LogP contribution < -0.4 is 9.47 Å². The Bertz CT molecular complexity index is 617. The molecule has 23 heavy (non-hydrogen) atoms. The van der Waals surface area contributed by atoms with Gasteiger partial charge in [0.2, 0.25) is 0 Å². The van der Waals surface area contributed by atoms with Crippen LogP contribution in [0.25, 0.3) is 11.1 Å². The number of benzene rings is 2. The molecule has 0 aromatic heterocycles. The lowest BCUT2D eigenvalue weighted by molar-refractivity contribution is 0.310. The van der Waals surface area contributed by atoms with E-state index >= 15 is 0 Å². The summed E-state index contributed by atoms with van der Waals surface area (Å²) in [6.45, 7) is 7.43. The van der Waals surface area contributed by atoms with Gasteiger partial charge >= 0.3 is 0 Å². The average molecular weight is 312 g/mol. The van der Waals surface area contributed by atoms with Gasteiger partial charge in [-0.15, -0.1) is 0 Å². The van der Waals surface area contributed by atoms with E-state index in [1.165, 1.54) is 5.56 Å². The van der Waals surface area contributed by atoms with Crippen molar-refractivity contribution < 1.29 is 9.47 Å². The number of rotatable bonds is 8. The molecule has 0 bridgehead atoms. The summed E-state index contributed by atoms with van der Waals surface area (Å²) in [6, 6.07) is 14.7. The van der Waals surface area contributed by atoms with Gasteiger partial charge in [0.25, 0.3) is 0 Å². The third-order valence-electron chi connectivity index (χ3n) is 3.83. The van der Waals surface area contributed by atoms with Crippen molar-refractivity contribution >= 4 is 0 Å². The zero-order valence-corrected chi connectivity index (χ0v) is 14.8. The first-order chi connectivity index (χ1) is 11.1. The predicted molar refractivity (Wildman–Crippen MR) is 97.4 cm³/mol. The Kier molecular flexibility index (Phi) is 6.52. The number of methoxy groups -OCH3 is 1. The van der Waals surface area contributed by atoms with E-state index in [1.807, 2.05) is 12.1 Å². The Morgan fingerprint density at radius 2 is 1.87 bits per heavy atom. The van der Waals surface area contributed by atoms with Gasteiger partial charge in [-0.05, 0) is 48.1 Å². The molecule has 0 saturated heterocycles. The second-order valence-corrected chi connectivity index (χ2v) is 6.36. The van der Waals surface area contributed by atoms with E-state index in [4.69, 9.17) is 9.47 Å².